The van der Waals surface area contributed by atoms with Crippen LogP contribution in [-0.2, 0) is 14.4 Å². The lowest BCUT2D eigenvalue weighted by Gasteiger charge is -2.11. The van der Waals surface area contributed by atoms with E-state index in [1.807, 2.05) is 0 Å². The quantitative estimate of drug-likeness (QED) is 0.0471. The number of allylic oxidation sites excluding steroid dienone is 4. The van der Waals surface area contributed by atoms with Gasteiger partial charge in [-0.25, -0.2) is 0 Å². The van der Waals surface area contributed by atoms with Gasteiger partial charge < -0.3 is 5.73 Å². The minimum atomic E-state index is -1.24. The van der Waals surface area contributed by atoms with Gasteiger partial charge in [0.15, 0.2) is 17.5 Å². The molecule has 42 heavy (non-hydrogen) atoms. The molecule has 4 nitrogen and oxygen atoms in total. The van der Waals surface area contributed by atoms with Crippen molar-refractivity contribution >= 4 is 17.5 Å². The van der Waals surface area contributed by atoms with E-state index >= 15 is 0 Å². The Labute approximate surface area is 261 Å². The molecule has 4 heteroatoms. The monoisotopic (exact) mass is 588 g/mol. The summed E-state index contributed by atoms with van der Waals surface area (Å²) in [6, 6.07) is 0. The van der Waals surface area contributed by atoms with Crippen molar-refractivity contribution in [1.29, 1.82) is 0 Å². The van der Waals surface area contributed by atoms with E-state index in [0.29, 0.717) is 0 Å². The van der Waals surface area contributed by atoms with Crippen LogP contribution in [0, 0.1) is 5.92 Å². The zero-order chi connectivity index (χ0) is 30.9. The molecule has 0 aromatic carbocycles. The number of carbonyl (C=O) groups excluding carboxylic acids is 3. The molecule has 0 spiro atoms. The van der Waals surface area contributed by atoms with Gasteiger partial charge in [-0.1, -0.05) is 141 Å². The molecule has 0 aliphatic heterocycles. The molecule has 0 saturated heterocycles. The second kappa shape index (κ2) is 32.2. The van der Waals surface area contributed by atoms with Gasteiger partial charge in [-0.2, -0.15) is 0 Å². The van der Waals surface area contributed by atoms with E-state index in [2.05, 4.69) is 38.2 Å². The first-order chi connectivity index (χ1) is 20.5. The first-order valence-electron chi connectivity index (χ1n) is 18.2. The largest absolute Gasteiger partial charge is 0.369 e. The highest BCUT2D eigenvalue weighted by Crippen LogP contribution is 2.16. The molecule has 0 unspecified atom stereocenters. The normalized spacial score (nSPS) is 12.4. The third-order valence-corrected chi connectivity index (χ3v) is 8.30. The van der Waals surface area contributed by atoms with Gasteiger partial charge in [0.2, 0.25) is 5.91 Å². The molecule has 2 N–H and O–H groups in total. The van der Waals surface area contributed by atoms with Crippen molar-refractivity contribution in [1.82, 2.24) is 0 Å². The molecule has 0 atom stereocenters. The molecule has 1 amide bonds. The van der Waals surface area contributed by atoms with Crippen LogP contribution in [0.15, 0.2) is 24.3 Å². The molecule has 0 aromatic heterocycles. The van der Waals surface area contributed by atoms with Gasteiger partial charge in [-0.3, -0.25) is 14.4 Å². The van der Waals surface area contributed by atoms with Crippen LogP contribution in [0.2, 0.25) is 0 Å². The fourth-order valence-electron chi connectivity index (χ4n) is 5.53. The lowest BCUT2D eigenvalue weighted by Crippen LogP contribution is -2.36. The first kappa shape index (κ1) is 40.3. The van der Waals surface area contributed by atoms with Gasteiger partial charge in [0.05, 0.1) is 0 Å². The van der Waals surface area contributed by atoms with Crippen molar-refractivity contribution in [3.8, 4) is 0 Å². The van der Waals surface area contributed by atoms with Crippen molar-refractivity contribution in [3.05, 3.63) is 24.3 Å². The van der Waals surface area contributed by atoms with Crippen LogP contribution in [-0.4, -0.2) is 17.5 Å². The van der Waals surface area contributed by atoms with E-state index in [0.717, 1.165) is 64.2 Å². The van der Waals surface area contributed by atoms with Crippen LogP contribution in [0.1, 0.15) is 194 Å². The second-order valence-electron chi connectivity index (χ2n) is 12.4. The molecule has 0 radical (unpaired) electrons. The fourth-order valence-corrected chi connectivity index (χ4v) is 5.53. The van der Waals surface area contributed by atoms with E-state index in [-0.39, 0.29) is 24.4 Å². The Kier molecular flexibility index (Phi) is 30.9. The Bertz CT molecular complexity index is 644. The number of primary amides is 1. The third-order valence-electron chi connectivity index (χ3n) is 8.30. The summed E-state index contributed by atoms with van der Waals surface area (Å²) in [5, 5.41) is 0. The average molecular weight is 588 g/mol. The topological polar surface area (TPSA) is 77.2 Å². The molecule has 0 rings (SSSR count). The summed E-state index contributed by atoms with van der Waals surface area (Å²) in [4.78, 5) is 37.0. The lowest BCUT2D eigenvalue weighted by molar-refractivity contribution is -0.139. The van der Waals surface area contributed by atoms with Gasteiger partial charge in [0.1, 0.15) is 0 Å². The Morgan fingerprint density at radius 2 is 0.690 bits per heavy atom. The van der Waals surface area contributed by atoms with Crippen molar-refractivity contribution in [2.45, 2.75) is 194 Å². The fraction of sp³-hybridized carbons (Fsp3) is 0.816. The molecular weight excluding hydrogens is 518 g/mol. The Hall–Kier alpha value is -1.71. The maximum atomic E-state index is 12.6. The highest BCUT2D eigenvalue weighted by atomic mass is 16.2. The zero-order valence-electron chi connectivity index (χ0n) is 28.0. The molecule has 0 heterocycles. The van der Waals surface area contributed by atoms with E-state index in [4.69, 9.17) is 5.73 Å². The number of Topliss-reactive ketones (excluding diaryl/α,β-unsaturated/α-hetero) is 2. The molecule has 244 valence electrons. The summed E-state index contributed by atoms with van der Waals surface area (Å²) in [6.07, 6.45) is 40.9. The Morgan fingerprint density at radius 1 is 0.429 bits per heavy atom. The van der Waals surface area contributed by atoms with Crippen LogP contribution in [0.4, 0.5) is 0 Å². The standard InChI is InChI=1S/C38H69NO3/c1-3-5-7-9-11-13-15-17-19-21-23-25-27-29-31-33-35(40)37(38(39)42)36(41)34-32-30-28-26-24-22-20-18-16-14-12-10-8-6-4-2/h17-20,37H,3-16,21-34H2,1-2H3,(H2,39,42). The maximum absolute atomic E-state index is 12.6. The van der Waals surface area contributed by atoms with Crippen LogP contribution < -0.4 is 5.73 Å². The number of amides is 1. The smallest absolute Gasteiger partial charge is 0.235 e. The van der Waals surface area contributed by atoms with E-state index < -0.39 is 11.8 Å². The molecule has 0 fully saturated rings. The number of nitrogens with two attached hydrogens (primary N) is 1. The summed E-state index contributed by atoms with van der Waals surface area (Å²) >= 11 is 0. The van der Waals surface area contributed by atoms with E-state index in [9.17, 15) is 14.4 Å². The average Bonchev–Trinajstić information content (AvgIpc) is 2.97. The van der Waals surface area contributed by atoms with Gasteiger partial charge >= 0.3 is 0 Å². The summed E-state index contributed by atoms with van der Waals surface area (Å²) in [7, 11) is 0. The Balaban J connectivity index is 3.76. The number of carbonyl (C=O) groups is 3. The SMILES string of the molecule is CCCCCCCCC=CCCCCCCCC(=O)C(C(N)=O)C(=O)CCCCCCCC=CCCCCCCCC. The first-order valence-corrected chi connectivity index (χ1v) is 18.2. The molecule has 0 bridgehead atoms. The van der Waals surface area contributed by atoms with E-state index in [1.165, 1.54) is 103 Å². The predicted octanol–water partition coefficient (Wildman–Crippen LogP) is 11.3. The molecule has 0 aromatic rings. The van der Waals surface area contributed by atoms with Crippen LogP contribution in [0.5, 0.6) is 0 Å². The third kappa shape index (κ3) is 27.1. The summed E-state index contributed by atoms with van der Waals surface area (Å²) in [6.45, 7) is 4.51. The Morgan fingerprint density at radius 3 is 0.976 bits per heavy atom. The lowest BCUT2D eigenvalue weighted by atomic mass is 9.91. The minimum absolute atomic E-state index is 0.280. The van der Waals surface area contributed by atoms with Crippen LogP contribution in [0.3, 0.4) is 0 Å². The van der Waals surface area contributed by atoms with Gasteiger partial charge in [0.25, 0.3) is 0 Å². The number of rotatable bonds is 33. The van der Waals surface area contributed by atoms with Crippen molar-refractivity contribution < 1.29 is 14.4 Å². The highest BCUT2D eigenvalue weighted by Gasteiger charge is 2.30. The van der Waals surface area contributed by atoms with Gasteiger partial charge in [-0.15, -0.1) is 0 Å². The number of hydrogen-bond donors (Lipinski definition) is 1. The molecule has 0 aliphatic rings. The summed E-state index contributed by atoms with van der Waals surface area (Å²) in [5.74, 6) is -2.57. The van der Waals surface area contributed by atoms with Crippen molar-refractivity contribution in [2.24, 2.45) is 11.7 Å². The number of hydrogen-bond acceptors (Lipinski definition) is 3. The second-order valence-corrected chi connectivity index (χ2v) is 12.4. The van der Waals surface area contributed by atoms with E-state index in [1.54, 1.807) is 0 Å². The molecule has 0 saturated carbocycles. The van der Waals surface area contributed by atoms with Crippen LogP contribution >= 0.6 is 0 Å². The van der Waals surface area contributed by atoms with Gasteiger partial charge in [0, 0.05) is 12.8 Å². The predicted molar refractivity (Wildman–Crippen MR) is 182 cm³/mol. The minimum Gasteiger partial charge on any atom is -0.369 e. The molecular formula is C38H69NO3. The van der Waals surface area contributed by atoms with Gasteiger partial charge in [-0.05, 0) is 64.2 Å². The highest BCUT2D eigenvalue weighted by molar-refractivity contribution is 6.18. The maximum Gasteiger partial charge on any atom is 0.235 e. The van der Waals surface area contributed by atoms with Crippen molar-refractivity contribution in [2.75, 3.05) is 0 Å². The zero-order valence-corrected chi connectivity index (χ0v) is 28.0. The summed E-state index contributed by atoms with van der Waals surface area (Å²) in [5.41, 5.74) is 5.46. The molecule has 0 aliphatic carbocycles. The van der Waals surface area contributed by atoms with Crippen LogP contribution in [0.25, 0.3) is 0 Å². The summed E-state index contributed by atoms with van der Waals surface area (Å²) < 4.78 is 0. The number of ketones is 2. The number of unbranched alkanes of at least 4 members (excludes halogenated alkanes) is 22. The van der Waals surface area contributed by atoms with Crippen molar-refractivity contribution in [3.63, 3.8) is 0 Å².